The second kappa shape index (κ2) is 4.90. The minimum atomic E-state index is 0.694. The Balaban J connectivity index is 2.24. The highest BCUT2D eigenvalue weighted by molar-refractivity contribution is 8.13. The van der Waals surface area contributed by atoms with Crippen molar-refractivity contribution in [1.29, 1.82) is 0 Å². The molecule has 0 atom stereocenters. The average Bonchev–Trinajstić information content (AvgIpc) is 2.81. The third-order valence-electron chi connectivity index (χ3n) is 2.04. The first-order valence-electron chi connectivity index (χ1n) is 4.83. The lowest BCUT2D eigenvalue weighted by atomic mass is 10.1. The summed E-state index contributed by atoms with van der Waals surface area (Å²) >= 11 is 1.83. The largest absolute Gasteiger partial charge is 0.280 e. The summed E-state index contributed by atoms with van der Waals surface area (Å²) in [6.07, 6.45) is 7.26. The van der Waals surface area contributed by atoms with Gasteiger partial charge < -0.3 is 0 Å². The molecule has 0 heterocycles. The van der Waals surface area contributed by atoms with E-state index in [-0.39, 0.29) is 0 Å². The molecule has 1 saturated carbocycles. The van der Waals surface area contributed by atoms with Crippen molar-refractivity contribution in [2.45, 2.75) is 45.6 Å². The molecule has 2 heteroatoms. The van der Waals surface area contributed by atoms with Crippen molar-refractivity contribution >= 4 is 16.8 Å². The van der Waals surface area contributed by atoms with E-state index >= 15 is 0 Å². The summed E-state index contributed by atoms with van der Waals surface area (Å²) in [7, 11) is 0. The number of hydrogen-bond donors (Lipinski definition) is 0. The zero-order chi connectivity index (χ0) is 8.97. The van der Waals surface area contributed by atoms with Gasteiger partial charge >= 0.3 is 0 Å². The Kier molecular flexibility index (Phi) is 4.13. The van der Waals surface area contributed by atoms with Crippen LogP contribution < -0.4 is 0 Å². The molecule has 0 amide bonds. The molecule has 70 valence electrons. The summed E-state index contributed by atoms with van der Waals surface area (Å²) in [6, 6.07) is 0.694. The standard InChI is InChI=1S/C10H19NS/c1-8(2)4-7-10(12-3)11-9-5-6-9/h8-9H,4-7H2,1-3H3/b11-10-. The molecular formula is C10H19NS. The number of rotatable bonds is 4. The number of aliphatic imine (C=N–C) groups is 1. The van der Waals surface area contributed by atoms with E-state index in [1.165, 1.54) is 30.7 Å². The van der Waals surface area contributed by atoms with Crippen molar-refractivity contribution in [3.05, 3.63) is 0 Å². The Morgan fingerprint density at radius 1 is 1.50 bits per heavy atom. The van der Waals surface area contributed by atoms with E-state index in [2.05, 4.69) is 25.1 Å². The van der Waals surface area contributed by atoms with Crippen LogP contribution in [0.15, 0.2) is 4.99 Å². The molecule has 12 heavy (non-hydrogen) atoms. The van der Waals surface area contributed by atoms with Gasteiger partial charge in [-0.2, -0.15) is 0 Å². The molecule has 0 aromatic heterocycles. The maximum absolute atomic E-state index is 4.66. The molecule has 1 nitrogen and oxygen atoms in total. The molecular weight excluding hydrogens is 166 g/mol. The summed E-state index contributed by atoms with van der Waals surface area (Å²) in [5.74, 6) is 0.807. The highest BCUT2D eigenvalue weighted by Crippen LogP contribution is 2.26. The van der Waals surface area contributed by atoms with Crippen molar-refractivity contribution in [2.24, 2.45) is 10.9 Å². The van der Waals surface area contributed by atoms with E-state index in [0.29, 0.717) is 6.04 Å². The molecule has 1 rings (SSSR count). The zero-order valence-electron chi connectivity index (χ0n) is 8.34. The maximum Gasteiger partial charge on any atom is 0.0676 e. The monoisotopic (exact) mass is 185 g/mol. The first kappa shape index (κ1) is 10.1. The molecule has 0 aliphatic heterocycles. The zero-order valence-corrected chi connectivity index (χ0v) is 9.16. The second-order valence-electron chi connectivity index (χ2n) is 3.89. The molecule has 0 N–H and O–H groups in total. The first-order valence-corrected chi connectivity index (χ1v) is 6.05. The third-order valence-corrected chi connectivity index (χ3v) is 2.83. The Hall–Kier alpha value is 0.0200. The van der Waals surface area contributed by atoms with Crippen LogP contribution in [0.5, 0.6) is 0 Å². The maximum atomic E-state index is 4.66. The van der Waals surface area contributed by atoms with Gasteiger partial charge in [0.2, 0.25) is 0 Å². The lowest BCUT2D eigenvalue weighted by Gasteiger charge is -2.05. The normalized spacial score (nSPS) is 18.8. The van der Waals surface area contributed by atoms with E-state index in [4.69, 9.17) is 0 Å². The molecule has 1 aliphatic rings. The number of thioether (sulfide) groups is 1. The molecule has 0 unspecified atom stereocenters. The molecule has 0 spiro atoms. The predicted molar refractivity (Wildman–Crippen MR) is 58.0 cm³/mol. The quantitative estimate of drug-likeness (QED) is 0.483. The summed E-state index contributed by atoms with van der Waals surface area (Å²) in [5, 5.41) is 1.37. The lowest BCUT2D eigenvalue weighted by Crippen LogP contribution is -1.97. The fraction of sp³-hybridized carbons (Fsp3) is 0.900. The minimum Gasteiger partial charge on any atom is -0.280 e. The molecule has 1 aliphatic carbocycles. The fourth-order valence-electron chi connectivity index (χ4n) is 1.04. The molecule has 1 fully saturated rings. The molecule has 0 bridgehead atoms. The summed E-state index contributed by atoms with van der Waals surface area (Å²) < 4.78 is 0. The van der Waals surface area contributed by atoms with Crippen LogP contribution >= 0.6 is 11.8 Å². The van der Waals surface area contributed by atoms with Crippen LogP contribution in [-0.2, 0) is 0 Å². The van der Waals surface area contributed by atoms with Gasteiger partial charge in [0, 0.05) is 0 Å². The highest BCUT2D eigenvalue weighted by Gasteiger charge is 2.20. The van der Waals surface area contributed by atoms with Crippen molar-refractivity contribution < 1.29 is 0 Å². The van der Waals surface area contributed by atoms with Gasteiger partial charge in [0.15, 0.2) is 0 Å². The topological polar surface area (TPSA) is 12.4 Å². The summed E-state index contributed by atoms with van der Waals surface area (Å²) in [5.41, 5.74) is 0. The van der Waals surface area contributed by atoms with Crippen molar-refractivity contribution in [3.63, 3.8) is 0 Å². The van der Waals surface area contributed by atoms with Crippen LogP contribution in [0.3, 0.4) is 0 Å². The van der Waals surface area contributed by atoms with E-state index in [1.807, 2.05) is 11.8 Å². The molecule has 0 aromatic carbocycles. The van der Waals surface area contributed by atoms with Gasteiger partial charge in [0.25, 0.3) is 0 Å². The second-order valence-corrected chi connectivity index (χ2v) is 4.77. The number of nitrogens with zero attached hydrogens (tertiary/aromatic N) is 1. The van der Waals surface area contributed by atoms with Crippen LogP contribution in [-0.4, -0.2) is 17.3 Å². The first-order chi connectivity index (χ1) is 5.72. The van der Waals surface area contributed by atoms with Gasteiger partial charge in [-0.05, 0) is 37.9 Å². The van der Waals surface area contributed by atoms with Gasteiger partial charge in [-0.15, -0.1) is 11.8 Å². The van der Waals surface area contributed by atoms with Crippen LogP contribution in [0.4, 0.5) is 0 Å². The van der Waals surface area contributed by atoms with Gasteiger partial charge in [0.1, 0.15) is 0 Å². The van der Waals surface area contributed by atoms with Crippen molar-refractivity contribution in [2.75, 3.05) is 6.26 Å². The van der Waals surface area contributed by atoms with Gasteiger partial charge in [-0.25, -0.2) is 0 Å². The van der Waals surface area contributed by atoms with E-state index in [9.17, 15) is 0 Å². The summed E-state index contributed by atoms with van der Waals surface area (Å²) in [4.78, 5) is 4.66. The van der Waals surface area contributed by atoms with Crippen LogP contribution in [0.2, 0.25) is 0 Å². The Morgan fingerprint density at radius 3 is 2.58 bits per heavy atom. The minimum absolute atomic E-state index is 0.694. The Bertz CT molecular complexity index is 159. The predicted octanol–water partition coefficient (Wildman–Crippen LogP) is 3.35. The van der Waals surface area contributed by atoms with Crippen LogP contribution in [0.25, 0.3) is 0 Å². The third kappa shape index (κ3) is 4.15. The van der Waals surface area contributed by atoms with E-state index < -0.39 is 0 Å². The van der Waals surface area contributed by atoms with Gasteiger partial charge in [0.05, 0.1) is 11.1 Å². The van der Waals surface area contributed by atoms with Crippen molar-refractivity contribution in [3.8, 4) is 0 Å². The number of hydrogen-bond acceptors (Lipinski definition) is 2. The van der Waals surface area contributed by atoms with Gasteiger partial charge in [-0.1, -0.05) is 13.8 Å². The molecule has 0 saturated heterocycles. The Morgan fingerprint density at radius 2 is 2.17 bits per heavy atom. The van der Waals surface area contributed by atoms with Crippen LogP contribution in [0.1, 0.15) is 39.5 Å². The Labute approximate surface area is 80.0 Å². The molecule has 0 radical (unpaired) electrons. The van der Waals surface area contributed by atoms with Crippen LogP contribution in [0, 0.1) is 5.92 Å². The SMILES string of the molecule is CS/C(CCC(C)C)=N\C1CC1. The highest BCUT2D eigenvalue weighted by atomic mass is 32.2. The van der Waals surface area contributed by atoms with E-state index in [0.717, 1.165) is 5.92 Å². The van der Waals surface area contributed by atoms with Gasteiger partial charge in [-0.3, -0.25) is 4.99 Å². The fourth-order valence-corrected chi connectivity index (χ4v) is 1.62. The lowest BCUT2D eigenvalue weighted by molar-refractivity contribution is 0.605. The van der Waals surface area contributed by atoms with E-state index in [1.54, 1.807) is 0 Å². The average molecular weight is 185 g/mol. The summed E-state index contributed by atoms with van der Waals surface area (Å²) in [6.45, 7) is 4.55. The smallest absolute Gasteiger partial charge is 0.0676 e. The molecule has 0 aromatic rings. The van der Waals surface area contributed by atoms with Crippen molar-refractivity contribution in [1.82, 2.24) is 0 Å².